The smallest absolute Gasteiger partial charge is 0 e. The third kappa shape index (κ3) is 33.0. The van der Waals surface area contributed by atoms with Crippen LogP contribution in [0.2, 0.25) is 5.15 Å². The molecule has 0 N–H and O–H groups in total. The summed E-state index contributed by atoms with van der Waals surface area (Å²) in [6.07, 6.45) is -10.2. The maximum absolute atomic E-state index is 13.6. The molecule has 10 radical (unpaired) electrons. The second kappa shape index (κ2) is 57.1. The summed E-state index contributed by atoms with van der Waals surface area (Å²) in [5, 5.41) is 16.3. The molecule has 12 aromatic carbocycles. The van der Waals surface area contributed by atoms with E-state index in [-0.39, 0.29) is 135 Å². The van der Waals surface area contributed by atoms with Gasteiger partial charge in [0.1, 0.15) is 16.6 Å². The van der Waals surface area contributed by atoms with E-state index in [1.165, 1.54) is 76.5 Å². The first-order valence-corrected chi connectivity index (χ1v) is 45.7. The average Bonchev–Trinajstić information content (AvgIpc) is 0.735. The molecule has 31 heteroatoms. The summed E-state index contributed by atoms with van der Waals surface area (Å²) >= 11 is 5.17. The maximum atomic E-state index is 13.6. The molecule has 0 spiro atoms. The van der Waals surface area contributed by atoms with Gasteiger partial charge < -0.3 is 9.47 Å². The fourth-order valence-corrected chi connectivity index (χ4v) is 21.4. The molecular weight excluding hydrogens is 2250 g/mol. The van der Waals surface area contributed by atoms with Gasteiger partial charge in [0.05, 0.1) is 19.0 Å². The third-order valence-electron chi connectivity index (χ3n) is 18.4. The predicted octanol–water partition coefficient (Wildman–Crippen LogP) is 24.5. The van der Waals surface area contributed by atoms with Gasteiger partial charge in [-0.3, -0.25) is 4.98 Å². The summed E-state index contributed by atoms with van der Waals surface area (Å²) in [4.78, 5) is 6.19. The summed E-state index contributed by atoms with van der Waals surface area (Å²) in [5.74, 6) is -38.1. The molecule has 0 bridgehead atoms. The molecule has 696 valence electrons. The van der Waals surface area contributed by atoms with Crippen LogP contribution < -0.4 is 63.7 Å². The minimum Gasteiger partial charge on any atom is -0.0622 e. The number of halogens is 19. The number of benzene rings is 12. The van der Waals surface area contributed by atoms with E-state index >= 15 is 0 Å². The minimum atomic E-state index is -6.95. The van der Waals surface area contributed by atoms with E-state index in [9.17, 15) is 79.0 Å². The van der Waals surface area contributed by atoms with Gasteiger partial charge in [0.2, 0.25) is 0 Å². The van der Waals surface area contributed by atoms with E-state index in [0.29, 0.717) is 12.1 Å². The molecule has 14 rings (SSSR count). The van der Waals surface area contributed by atoms with Gasteiger partial charge in [-0.15, -0.1) is 0 Å². The standard InChI is InChI=1S/4C18H15P.C13H10F9NO.C9H3ClF9N.C8H16O.Pd.3Sn.2H/c4*1-4-10-16(11-5-1)19(17-12-6-2-7-13-17)18-14-8-3-9-15-18;1-3-24-7(2)9-5-4-8(6-23-9)10(14,15)11(16,17)12(18,19)13(20,21)22;10-5-2-1-4(3-20-5)6(11,12)7(13,14)8(15,16)9(17,18)19;1-4-6-7-8(3)9-5-2;;;;;;/h4*1-15H;4-6H,2-3H2,1H3;1-3H;3-7H2,1-2H3;;;;;;. The summed E-state index contributed by atoms with van der Waals surface area (Å²) in [5.41, 5.74) is -3.82. The van der Waals surface area contributed by atoms with Crippen LogP contribution >= 0.6 is 43.3 Å². The number of hydrogen-bond donors (Lipinski definition) is 0. The number of rotatable bonds is 26. The minimum absolute atomic E-state index is 0. The van der Waals surface area contributed by atoms with Crippen LogP contribution in [-0.2, 0) is 41.7 Å². The largest absolute Gasteiger partial charge is 0.0622 e. The number of unbranched alkanes of at least 4 members (excludes halogenated alkanes) is 1. The third-order valence-corrected chi connectivity index (χ3v) is 28.4. The van der Waals surface area contributed by atoms with Crippen molar-refractivity contribution in [1.29, 1.82) is 0 Å². The number of hydrogen-bond acceptors (Lipinski definition) is 4. The molecule has 0 unspecified atom stereocenters. The fraction of sp³-hybridized carbons (Fsp3) is 0.157. The van der Waals surface area contributed by atoms with Gasteiger partial charge in [0.25, 0.3) is 0 Å². The molecule has 0 aliphatic heterocycles. The first-order chi connectivity index (χ1) is 61.6. The second-order valence-corrected chi connectivity index (χ2v) is 36.8. The van der Waals surface area contributed by atoms with Crippen LogP contribution in [0.1, 0.15) is 56.9 Å². The monoisotopic (exact) mass is 2340 g/mol. The molecule has 0 amide bonds. The molecule has 0 saturated heterocycles. The number of alkyl halides is 18. The van der Waals surface area contributed by atoms with Crippen LogP contribution in [0.3, 0.4) is 0 Å². The summed E-state index contributed by atoms with van der Waals surface area (Å²) in [6.45, 7) is 13.7. The Labute approximate surface area is 838 Å². The van der Waals surface area contributed by atoms with Crippen molar-refractivity contribution in [3.63, 3.8) is 0 Å². The van der Waals surface area contributed by atoms with E-state index < -0.39 is 95.9 Å². The van der Waals surface area contributed by atoms with E-state index in [4.69, 9.17) is 21.1 Å². The summed E-state index contributed by atoms with van der Waals surface area (Å²) in [6, 6.07) is 131. The van der Waals surface area contributed by atoms with Crippen molar-refractivity contribution < 1.29 is 109 Å². The van der Waals surface area contributed by atoms with Gasteiger partial charge in [-0.1, -0.05) is 402 Å². The van der Waals surface area contributed by atoms with Crippen molar-refractivity contribution in [3.05, 3.63) is 442 Å². The van der Waals surface area contributed by atoms with E-state index in [1.807, 2.05) is 6.92 Å². The average molecular weight is 2340 g/mol. The Kier molecular flexibility index (Phi) is 50.3. The van der Waals surface area contributed by atoms with Crippen molar-refractivity contribution in [2.24, 2.45) is 0 Å². The first kappa shape index (κ1) is 117. The quantitative estimate of drug-likeness (QED) is 0.0178. The number of ether oxygens (including phenoxy) is 2. The molecule has 133 heavy (non-hydrogen) atoms. The maximum Gasteiger partial charge on any atom is 0 e. The predicted molar refractivity (Wildman–Crippen MR) is 515 cm³/mol. The normalized spacial score (nSPS) is 11.3. The zero-order valence-electron chi connectivity index (χ0n) is 71.7. The van der Waals surface area contributed by atoms with Crippen molar-refractivity contribution in [2.75, 3.05) is 13.2 Å². The Balaban J connectivity index is 0.000000326. The molecule has 0 saturated carbocycles. The molecule has 2 heterocycles. The SMILES string of the molecule is C=C(CCCC)OCC.C=C(OCC)c1ccc(C(F)(F)C(F)(F)C(F)(F)C(F)(F)F)cn1.FC(F)(F)C(F)(F)C(F)(F)C(F)(F)c1ccc(Cl)nc1.[Pd].[SnH].[SnH].[Sn].c1ccc(P(c2ccccc2)c2ccccc2)cc1.c1ccc(P(c2ccccc2)c2ccccc2)cc1.c1ccc(P(c2ccccc2)c2ccccc2)cc1.c1ccc(P(c2ccccc2)c2ccccc2)cc1. The van der Waals surface area contributed by atoms with E-state index in [1.54, 1.807) is 6.92 Å². The van der Waals surface area contributed by atoms with Crippen LogP contribution in [0.4, 0.5) is 79.0 Å². The zero-order valence-corrected chi connectivity index (χ0v) is 87.0. The molecule has 0 fully saturated rings. The van der Waals surface area contributed by atoms with Crippen LogP contribution in [0.25, 0.3) is 5.76 Å². The van der Waals surface area contributed by atoms with Gasteiger partial charge in [0.15, 0.2) is 0 Å². The van der Waals surface area contributed by atoms with Gasteiger partial charge in [-0.25, -0.2) is 4.98 Å². The van der Waals surface area contributed by atoms with Crippen LogP contribution in [0, 0.1) is 0 Å². The second-order valence-electron chi connectivity index (χ2n) is 27.5. The van der Waals surface area contributed by atoms with Gasteiger partial charge in [0, 0.05) is 74.3 Å². The molecule has 0 atom stereocenters. The number of aromatic nitrogens is 2. The Morgan fingerprint density at radius 2 is 0.481 bits per heavy atom. The summed E-state index contributed by atoms with van der Waals surface area (Å²) < 4.78 is 239. The van der Waals surface area contributed by atoms with Gasteiger partial charge in [-0.2, -0.15) is 79.0 Å². The van der Waals surface area contributed by atoms with E-state index in [0.717, 1.165) is 18.8 Å². The number of nitrogens with zero attached hydrogens (tertiary/aromatic N) is 2. The van der Waals surface area contributed by atoms with Crippen molar-refractivity contribution in [3.8, 4) is 0 Å². The Morgan fingerprint density at radius 1 is 0.286 bits per heavy atom. The Bertz CT molecular complexity index is 4720. The van der Waals surface area contributed by atoms with Crippen molar-refractivity contribution in [2.45, 2.75) is 87.9 Å². The van der Waals surface area contributed by atoms with Crippen molar-refractivity contribution in [1.82, 2.24) is 9.97 Å². The molecular formula is C102H91ClF18N2O2P4PdSn3. The summed E-state index contributed by atoms with van der Waals surface area (Å²) in [7, 11) is -1.78. The van der Waals surface area contributed by atoms with E-state index in [2.05, 4.69) is 394 Å². The zero-order chi connectivity index (χ0) is 93.7. The van der Waals surface area contributed by atoms with Crippen LogP contribution in [0.15, 0.2) is 420 Å². The molecule has 14 aromatic rings. The van der Waals surface area contributed by atoms with Crippen LogP contribution in [-0.4, -0.2) is 131 Å². The van der Waals surface area contributed by atoms with Crippen LogP contribution in [0.5, 0.6) is 0 Å². The molecule has 0 aliphatic rings. The van der Waals surface area contributed by atoms with Gasteiger partial charge >= 0.3 is 95.7 Å². The topological polar surface area (TPSA) is 44.2 Å². The van der Waals surface area contributed by atoms with Gasteiger partial charge in [-0.05, 0) is 140 Å². The Hall–Kier alpha value is -8.17. The molecule has 2 aromatic heterocycles. The van der Waals surface area contributed by atoms with Crippen molar-refractivity contribution >= 4 is 184 Å². The fourth-order valence-electron chi connectivity index (χ4n) is 12.0. The first-order valence-electron chi connectivity index (χ1n) is 40.0. The molecule has 4 nitrogen and oxygen atoms in total. The number of pyridine rings is 2. The molecule has 0 aliphatic carbocycles. The Morgan fingerprint density at radius 3 is 0.639 bits per heavy atom. The number of allylic oxidation sites excluding steroid dienone is 1.